The normalized spacial score (nSPS) is 14.9. The number of carbonyl (C=O) groups excluding carboxylic acids is 1. The van der Waals surface area contributed by atoms with Gasteiger partial charge < -0.3 is 4.90 Å². The van der Waals surface area contributed by atoms with Crippen molar-refractivity contribution in [2.75, 3.05) is 13.1 Å². The van der Waals surface area contributed by atoms with Crippen molar-refractivity contribution in [3.8, 4) is 16.9 Å². The van der Waals surface area contributed by atoms with E-state index in [0.29, 0.717) is 25.9 Å². The summed E-state index contributed by atoms with van der Waals surface area (Å²) in [7, 11) is 0. The molecule has 1 fully saturated rings. The summed E-state index contributed by atoms with van der Waals surface area (Å²) in [5.74, 6) is -0.481. The highest BCUT2D eigenvalue weighted by Gasteiger charge is 2.42. The van der Waals surface area contributed by atoms with Gasteiger partial charge in [0.25, 0.3) is 5.91 Å². The number of aromatic nitrogens is 3. The van der Waals surface area contributed by atoms with Crippen LogP contribution in [0.25, 0.3) is 16.9 Å². The summed E-state index contributed by atoms with van der Waals surface area (Å²) in [6.45, 7) is 0.728. The molecule has 0 aliphatic carbocycles. The average Bonchev–Trinajstić information content (AvgIpc) is 3.52. The van der Waals surface area contributed by atoms with Crippen molar-refractivity contribution in [1.29, 1.82) is 0 Å². The molecule has 0 N–H and O–H groups in total. The van der Waals surface area contributed by atoms with Crippen LogP contribution in [0.2, 0.25) is 0 Å². The van der Waals surface area contributed by atoms with Crippen LogP contribution in [0.15, 0.2) is 70.6 Å². The first-order valence-corrected chi connectivity index (χ1v) is 12.7. The number of nitrogens with zero attached hydrogens (tertiary/aromatic N) is 4. The van der Waals surface area contributed by atoms with E-state index in [2.05, 4.69) is 21.0 Å². The summed E-state index contributed by atoms with van der Waals surface area (Å²) in [6.07, 6.45) is -2.41. The van der Waals surface area contributed by atoms with Crippen molar-refractivity contribution in [2.45, 2.75) is 24.9 Å². The highest BCUT2D eigenvalue weighted by atomic mass is 79.9. The van der Waals surface area contributed by atoms with Gasteiger partial charge in [0.15, 0.2) is 5.69 Å². The van der Waals surface area contributed by atoms with Gasteiger partial charge in [-0.3, -0.25) is 4.79 Å². The van der Waals surface area contributed by atoms with Crippen molar-refractivity contribution in [1.82, 2.24) is 19.7 Å². The Balaban J connectivity index is 1.32. The molecule has 0 unspecified atom stereocenters. The van der Waals surface area contributed by atoms with Gasteiger partial charge in [0, 0.05) is 34.4 Å². The van der Waals surface area contributed by atoms with Crippen LogP contribution >= 0.6 is 27.3 Å². The Hall–Kier alpha value is -2.98. The Morgan fingerprint density at radius 1 is 1.06 bits per heavy atom. The molecule has 180 valence electrons. The second-order valence-corrected chi connectivity index (χ2v) is 10.1. The van der Waals surface area contributed by atoms with Crippen LogP contribution in [0.1, 0.15) is 39.8 Å². The molecular weight excluding hydrogens is 541 g/mol. The summed E-state index contributed by atoms with van der Waals surface area (Å²) in [4.78, 5) is 19.4. The number of alkyl halides is 3. The van der Waals surface area contributed by atoms with Crippen molar-refractivity contribution in [2.24, 2.45) is 0 Å². The smallest absolute Gasteiger partial charge is 0.338 e. The van der Waals surface area contributed by atoms with Crippen LogP contribution in [-0.4, -0.2) is 38.7 Å². The molecule has 1 saturated heterocycles. The predicted molar refractivity (Wildman–Crippen MR) is 132 cm³/mol. The number of benzene rings is 2. The molecule has 0 bridgehead atoms. The fourth-order valence-electron chi connectivity index (χ4n) is 4.30. The molecule has 0 spiro atoms. The first-order valence-electron chi connectivity index (χ1n) is 11.0. The first-order chi connectivity index (χ1) is 16.8. The number of carbonyl (C=O) groups is 1. The van der Waals surface area contributed by atoms with Crippen molar-refractivity contribution < 1.29 is 18.0 Å². The average molecular weight is 561 g/mol. The fourth-order valence-corrected chi connectivity index (χ4v) is 5.70. The number of piperidine rings is 1. The number of halogens is 4. The Labute approximate surface area is 212 Å². The lowest BCUT2D eigenvalue weighted by Gasteiger charge is -2.31. The van der Waals surface area contributed by atoms with Crippen molar-refractivity contribution in [3.05, 3.63) is 86.9 Å². The van der Waals surface area contributed by atoms with E-state index in [-0.39, 0.29) is 11.6 Å². The first kappa shape index (κ1) is 23.7. The number of hydrogen-bond donors (Lipinski definition) is 0. The highest BCUT2D eigenvalue weighted by molar-refractivity contribution is 9.10. The summed E-state index contributed by atoms with van der Waals surface area (Å²) < 4.78 is 43.7. The van der Waals surface area contributed by atoms with Gasteiger partial charge in [-0.15, -0.1) is 11.3 Å². The van der Waals surface area contributed by atoms with Crippen LogP contribution in [-0.2, 0) is 6.18 Å². The lowest BCUT2D eigenvalue weighted by molar-refractivity contribution is -0.143. The Kier molecular flexibility index (Phi) is 6.50. The van der Waals surface area contributed by atoms with Gasteiger partial charge >= 0.3 is 6.18 Å². The van der Waals surface area contributed by atoms with Gasteiger partial charge in [-0.05, 0) is 37.1 Å². The van der Waals surface area contributed by atoms with E-state index in [1.165, 1.54) is 17.0 Å². The molecule has 0 saturated carbocycles. The van der Waals surface area contributed by atoms with Gasteiger partial charge in [-0.2, -0.15) is 18.3 Å². The molecule has 2 aromatic carbocycles. The number of rotatable bonds is 4. The van der Waals surface area contributed by atoms with Gasteiger partial charge in [-0.1, -0.05) is 46.3 Å². The quantitative estimate of drug-likeness (QED) is 0.276. The molecule has 3 heterocycles. The molecule has 1 aliphatic heterocycles. The molecule has 2 aromatic heterocycles. The van der Waals surface area contributed by atoms with E-state index >= 15 is 0 Å². The number of hydrogen-bond acceptors (Lipinski definition) is 4. The highest BCUT2D eigenvalue weighted by Crippen LogP contribution is 2.36. The summed E-state index contributed by atoms with van der Waals surface area (Å²) in [5.41, 5.74) is 0.695. The zero-order chi connectivity index (χ0) is 24.6. The van der Waals surface area contributed by atoms with Crippen LogP contribution in [0.5, 0.6) is 0 Å². The molecule has 5 nitrogen and oxygen atoms in total. The lowest BCUT2D eigenvalue weighted by atomic mass is 9.97. The van der Waals surface area contributed by atoms with Gasteiger partial charge in [0.05, 0.1) is 28.1 Å². The number of amides is 1. The molecule has 10 heteroatoms. The molecular formula is C25H20BrF3N4OS. The maximum atomic E-state index is 14.0. The van der Waals surface area contributed by atoms with Crippen LogP contribution < -0.4 is 0 Å². The third-order valence-electron chi connectivity index (χ3n) is 6.04. The monoisotopic (exact) mass is 560 g/mol. The maximum Gasteiger partial charge on any atom is 0.434 e. The number of likely N-dealkylation sites (tertiary alicyclic amines) is 1. The van der Waals surface area contributed by atoms with E-state index in [9.17, 15) is 18.0 Å². The summed E-state index contributed by atoms with van der Waals surface area (Å²) >= 11 is 5.05. The minimum Gasteiger partial charge on any atom is -0.338 e. The molecule has 5 rings (SSSR count). The second-order valence-electron chi connectivity index (χ2n) is 8.30. The van der Waals surface area contributed by atoms with Crippen molar-refractivity contribution in [3.63, 3.8) is 0 Å². The van der Waals surface area contributed by atoms with E-state index in [0.717, 1.165) is 31.6 Å². The lowest BCUT2D eigenvalue weighted by Crippen LogP contribution is -2.38. The largest absolute Gasteiger partial charge is 0.434 e. The molecule has 35 heavy (non-hydrogen) atoms. The van der Waals surface area contributed by atoms with E-state index in [4.69, 9.17) is 4.98 Å². The Morgan fingerprint density at radius 2 is 1.80 bits per heavy atom. The Bertz CT molecular complexity index is 1340. The Morgan fingerprint density at radius 3 is 2.49 bits per heavy atom. The van der Waals surface area contributed by atoms with Crippen LogP contribution in [0.4, 0.5) is 13.2 Å². The standard InChI is InChI=1S/C25H20BrF3N4OS/c26-18-6-4-5-17(13-18)21-15-35-23(31-21)16-9-11-32(12-10-16)24(34)20-14-30-33(22(20)25(27,28)29)19-7-2-1-3-8-19/h1-8,13-16H,9-12H2. The minimum absolute atomic E-state index is 0.166. The fraction of sp³-hybridized carbons (Fsp3) is 0.240. The topological polar surface area (TPSA) is 51.0 Å². The van der Waals surface area contributed by atoms with E-state index in [1.54, 1.807) is 29.5 Å². The van der Waals surface area contributed by atoms with Gasteiger partial charge in [-0.25, -0.2) is 9.67 Å². The zero-order valence-corrected chi connectivity index (χ0v) is 20.8. The summed E-state index contributed by atoms with van der Waals surface area (Å²) in [6, 6.07) is 15.9. The maximum absolute atomic E-state index is 14.0. The van der Waals surface area contributed by atoms with Crippen molar-refractivity contribution >= 4 is 33.2 Å². The van der Waals surface area contributed by atoms with Crippen LogP contribution in [0, 0.1) is 0 Å². The minimum atomic E-state index is -4.72. The molecule has 0 radical (unpaired) electrons. The van der Waals surface area contributed by atoms with Crippen LogP contribution in [0.3, 0.4) is 0 Å². The van der Waals surface area contributed by atoms with E-state index < -0.39 is 23.3 Å². The number of para-hydroxylation sites is 1. The molecule has 1 amide bonds. The molecule has 4 aromatic rings. The third-order valence-corrected chi connectivity index (χ3v) is 7.54. The number of thiazole rings is 1. The summed E-state index contributed by atoms with van der Waals surface area (Å²) in [5, 5.41) is 6.91. The van der Waals surface area contributed by atoms with Gasteiger partial charge in [0.1, 0.15) is 0 Å². The SMILES string of the molecule is O=C(c1cnn(-c2ccccc2)c1C(F)(F)F)N1CCC(c2nc(-c3cccc(Br)c3)cs2)CC1. The molecule has 1 aliphatic rings. The molecule has 0 atom stereocenters. The predicted octanol–water partition coefficient (Wildman–Crippen LogP) is 6.80. The van der Waals surface area contributed by atoms with Gasteiger partial charge in [0.2, 0.25) is 0 Å². The zero-order valence-electron chi connectivity index (χ0n) is 18.4. The third kappa shape index (κ3) is 4.90. The second kappa shape index (κ2) is 9.58. The van der Waals surface area contributed by atoms with E-state index in [1.807, 2.05) is 29.6 Å².